The van der Waals surface area contributed by atoms with Gasteiger partial charge in [0.15, 0.2) is 0 Å². The first-order valence-electron chi connectivity index (χ1n) is 6.89. The molecule has 0 unspecified atom stereocenters. The van der Waals surface area contributed by atoms with Gasteiger partial charge in [-0.15, -0.1) is 0 Å². The Morgan fingerprint density at radius 1 is 1.21 bits per heavy atom. The van der Waals surface area contributed by atoms with E-state index in [4.69, 9.17) is 0 Å². The Morgan fingerprint density at radius 3 is 2.79 bits per heavy atom. The smallest absolute Gasteiger partial charge is 0.317 e. The molecule has 100 valence electrons. The van der Waals surface area contributed by atoms with Crippen LogP contribution in [0, 0.1) is 5.92 Å². The van der Waals surface area contributed by atoms with Crippen LogP contribution in [-0.2, 0) is 6.42 Å². The number of imidazole rings is 1. The lowest BCUT2D eigenvalue weighted by Crippen LogP contribution is -2.28. The average molecular weight is 257 g/mol. The van der Waals surface area contributed by atoms with E-state index in [9.17, 15) is 4.79 Å². The molecule has 0 radical (unpaired) electrons. The third-order valence-electron chi connectivity index (χ3n) is 3.82. The molecule has 0 amide bonds. The number of H-pyrrole nitrogens is 2. The summed E-state index contributed by atoms with van der Waals surface area (Å²) >= 11 is 0. The molecule has 4 heteroatoms. The van der Waals surface area contributed by atoms with Crippen molar-refractivity contribution >= 4 is 0 Å². The molecule has 3 rings (SSSR count). The van der Waals surface area contributed by atoms with E-state index in [0.717, 1.165) is 36.7 Å². The third kappa shape index (κ3) is 2.96. The molecule has 1 fully saturated rings. The van der Waals surface area contributed by atoms with E-state index < -0.39 is 0 Å². The molecule has 1 aromatic heterocycles. The Balaban J connectivity index is 1.77. The maximum absolute atomic E-state index is 11.1. The zero-order valence-electron chi connectivity index (χ0n) is 10.9. The fourth-order valence-corrected chi connectivity index (χ4v) is 2.77. The van der Waals surface area contributed by atoms with Crippen molar-refractivity contribution in [2.75, 3.05) is 13.1 Å². The first-order valence-corrected chi connectivity index (χ1v) is 6.89. The SMILES string of the molecule is O=c1[nH]cc(-c2cccc(CC3CCNCC3)c2)[nH]1. The number of nitrogens with one attached hydrogen (secondary N) is 3. The summed E-state index contributed by atoms with van der Waals surface area (Å²) < 4.78 is 0. The predicted molar refractivity (Wildman–Crippen MR) is 76.1 cm³/mol. The van der Waals surface area contributed by atoms with Crippen molar-refractivity contribution in [3.63, 3.8) is 0 Å². The van der Waals surface area contributed by atoms with Crippen LogP contribution in [0.15, 0.2) is 35.3 Å². The number of hydrogen-bond acceptors (Lipinski definition) is 2. The molecule has 2 heterocycles. The normalized spacial score (nSPS) is 16.6. The van der Waals surface area contributed by atoms with Crippen LogP contribution in [0.4, 0.5) is 0 Å². The first kappa shape index (κ1) is 12.2. The van der Waals surface area contributed by atoms with E-state index in [0.29, 0.717) is 0 Å². The van der Waals surface area contributed by atoms with Crippen LogP contribution in [0.3, 0.4) is 0 Å². The molecule has 2 aromatic rings. The summed E-state index contributed by atoms with van der Waals surface area (Å²) in [6.45, 7) is 2.27. The standard InChI is InChI=1S/C15H19N3O/c19-15-17-10-14(18-15)13-3-1-2-12(9-13)8-11-4-6-16-7-5-11/h1-3,9-11,16H,4-8H2,(H2,17,18,19). The molecule has 4 nitrogen and oxygen atoms in total. The highest BCUT2D eigenvalue weighted by molar-refractivity contribution is 5.58. The summed E-state index contributed by atoms with van der Waals surface area (Å²) in [7, 11) is 0. The van der Waals surface area contributed by atoms with Gasteiger partial charge in [-0.05, 0) is 55.5 Å². The second-order valence-corrected chi connectivity index (χ2v) is 5.25. The summed E-state index contributed by atoms with van der Waals surface area (Å²) in [5.41, 5.74) is 3.13. The lowest BCUT2D eigenvalue weighted by molar-refractivity contribution is 0.373. The molecule has 19 heavy (non-hydrogen) atoms. The molecule has 3 N–H and O–H groups in total. The molecule has 0 atom stereocenters. The Labute approximate surface area is 112 Å². The number of aromatic nitrogens is 2. The van der Waals surface area contributed by atoms with Gasteiger partial charge < -0.3 is 15.3 Å². The Hall–Kier alpha value is -1.81. The zero-order chi connectivity index (χ0) is 13.1. The van der Waals surface area contributed by atoms with Crippen LogP contribution >= 0.6 is 0 Å². The van der Waals surface area contributed by atoms with Crippen LogP contribution in [-0.4, -0.2) is 23.1 Å². The predicted octanol–water partition coefficient (Wildman–Crippen LogP) is 1.91. The summed E-state index contributed by atoms with van der Waals surface area (Å²) in [5, 5.41) is 3.40. The molecule has 0 spiro atoms. The third-order valence-corrected chi connectivity index (χ3v) is 3.82. The molecule has 1 aromatic carbocycles. The molecular weight excluding hydrogens is 238 g/mol. The van der Waals surface area contributed by atoms with E-state index in [-0.39, 0.29) is 5.69 Å². The van der Waals surface area contributed by atoms with Crippen LogP contribution in [0.2, 0.25) is 0 Å². The summed E-state index contributed by atoms with van der Waals surface area (Å²) in [6.07, 6.45) is 5.37. The quantitative estimate of drug-likeness (QED) is 0.786. The van der Waals surface area contributed by atoms with Gasteiger partial charge in [0, 0.05) is 6.20 Å². The van der Waals surface area contributed by atoms with Crippen molar-refractivity contribution < 1.29 is 0 Å². The molecule has 1 aliphatic rings. The van der Waals surface area contributed by atoms with Gasteiger partial charge in [-0.2, -0.15) is 0 Å². The zero-order valence-corrected chi connectivity index (χ0v) is 10.9. The Kier molecular flexibility index (Phi) is 3.51. The van der Waals surface area contributed by atoms with Gasteiger partial charge in [-0.1, -0.05) is 18.2 Å². The average Bonchev–Trinajstić information content (AvgIpc) is 2.87. The van der Waals surface area contributed by atoms with Crippen molar-refractivity contribution in [1.29, 1.82) is 0 Å². The van der Waals surface area contributed by atoms with Gasteiger partial charge in [0.25, 0.3) is 0 Å². The molecule has 0 saturated carbocycles. The maximum atomic E-state index is 11.1. The van der Waals surface area contributed by atoms with Crippen molar-refractivity contribution in [2.24, 2.45) is 5.92 Å². The van der Waals surface area contributed by atoms with Gasteiger partial charge >= 0.3 is 5.69 Å². The first-order chi connectivity index (χ1) is 9.31. The highest BCUT2D eigenvalue weighted by atomic mass is 16.1. The largest absolute Gasteiger partial charge is 0.323 e. The number of piperidine rings is 1. The van der Waals surface area contributed by atoms with E-state index in [2.05, 4.69) is 33.5 Å². The van der Waals surface area contributed by atoms with Gasteiger partial charge in [0.1, 0.15) is 0 Å². The highest BCUT2D eigenvalue weighted by Gasteiger charge is 2.13. The van der Waals surface area contributed by atoms with E-state index in [1.807, 2.05) is 6.07 Å². The maximum Gasteiger partial charge on any atom is 0.323 e. The van der Waals surface area contributed by atoms with Gasteiger partial charge in [-0.3, -0.25) is 0 Å². The minimum absolute atomic E-state index is 0.154. The highest BCUT2D eigenvalue weighted by Crippen LogP contribution is 2.22. The van der Waals surface area contributed by atoms with Crippen molar-refractivity contribution in [2.45, 2.75) is 19.3 Å². The number of benzene rings is 1. The fraction of sp³-hybridized carbons (Fsp3) is 0.400. The minimum Gasteiger partial charge on any atom is -0.317 e. The number of hydrogen-bond donors (Lipinski definition) is 3. The molecule has 0 aliphatic carbocycles. The minimum atomic E-state index is -0.154. The van der Waals surface area contributed by atoms with Gasteiger partial charge in [0.2, 0.25) is 0 Å². The number of rotatable bonds is 3. The van der Waals surface area contributed by atoms with Gasteiger partial charge in [-0.25, -0.2) is 4.79 Å². The monoisotopic (exact) mass is 257 g/mol. The van der Waals surface area contributed by atoms with Crippen molar-refractivity contribution in [3.05, 3.63) is 46.5 Å². The van der Waals surface area contributed by atoms with Crippen LogP contribution in [0.25, 0.3) is 11.3 Å². The second-order valence-electron chi connectivity index (χ2n) is 5.25. The molecule has 1 saturated heterocycles. The van der Waals surface area contributed by atoms with E-state index in [1.165, 1.54) is 18.4 Å². The van der Waals surface area contributed by atoms with Crippen molar-refractivity contribution in [1.82, 2.24) is 15.3 Å². The van der Waals surface area contributed by atoms with Crippen LogP contribution < -0.4 is 11.0 Å². The van der Waals surface area contributed by atoms with E-state index >= 15 is 0 Å². The lowest BCUT2D eigenvalue weighted by atomic mass is 9.90. The Morgan fingerprint density at radius 2 is 2.05 bits per heavy atom. The molecule has 0 bridgehead atoms. The Bertz CT molecular complexity index is 593. The second kappa shape index (κ2) is 5.45. The summed E-state index contributed by atoms with van der Waals surface area (Å²) in [6, 6.07) is 8.46. The van der Waals surface area contributed by atoms with Gasteiger partial charge in [0.05, 0.1) is 5.69 Å². The lowest BCUT2D eigenvalue weighted by Gasteiger charge is -2.22. The fourth-order valence-electron chi connectivity index (χ4n) is 2.77. The molecule has 1 aliphatic heterocycles. The van der Waals surface area contributed by atoms with Crippen molar-refractivity contribution in [3.8, 4) is 11.3 Å². The topological polar surface area (TPSA) is 60.7 Å². The summed E-state index contributed by atoms with van der Waals surface area (Å²) in [4.78, 5) is 16.6. The van der Waals surface area contributed by atoms with E-state index in [1.54, 1.807) is 6.20 Å². The van der Waals surface area contributed by atoms with Crippen LogP contribution in [0.1, 0.15) is 18.4 Å². The number of aromatic amines is 2. The van der Waals surface area contributed by atoms with Crippen LogP contribution in [0.5, 0.6) is 0 Å². The molecular formula is C15H19N3O. The summed E-state index contributed by atoms with van der Waals surface area (Å²) in [5.74, 6) is 0.779.